The fourth-order valence-corrected chi connectivity index (χ4v) is 3.40. The summed E-state index contributed by atoms with van der Waals surface area (Å²) in [6, 6.07) is 2.97. The molecular weight excluding hydrogens is 505 g/mol. The van der Waals surface area contributed by atoms with Crippen LogP contribution in [0.4, 0.5) is 0 Å². The standard InChI is InChI=1S/C16H17BrClN3O3.Ag/c17-11-6-13-10(5-12(11)18)16(24)21(8-20-13)7-9(22)4-14-15(23)2-1-3-19-14;/h5-6,8,14-15,19,23H,1-4,7H2;/t14-,15+;/m0./s1. The van der Waals surface area contributed by atoms with Crippen LogP contribution in [-0.2, 0) is 33.7 Å². The van der Waals surface area contributed by atoms with Gasteiger partial charge in [-0.05, 0) is 47.4 Å². The van der Waals surface area contributed by atoms with Gasteiger partial charge in [0.1, 0.15) is 0 Å². The molecule has 3 rings (SSSR count). The van der Waals surface area contributed by atoms with Crippen molar-refractivity contribution in [3.8, 4) is 0 Å². The molecule has 0 aliphatic carbocycles. The minimum atomic E-state index is -0.523. The van der Waals surface area contributed by atoms with Crippen LogP contribution in [-0.4, -0.2) is 39.1 Å². The quantitative estimate of drug-likeness (QED) is 0.600. The third-order valence-electron chi connectivity index (χ3n) is 4.21. The van der Waals surface area contributed by atoms with Crippen molar-refractivity contribution >= 4 is 44.2 Å². The summed E-state index contributed by atoms with van der Waals surface area (Å²) in [4.78, 5) is 29.0. The van der Waals surface area contributed by atoms with Crippen molar-refractivity contribution in [3.05, 3.63) is 38.3 Å². The Balaban J connectivity index is 0.00000225. The van der Waals surface area contributed by atoms with Gasteiger partial charge in [0.2, 0.25) is 0 Å². The molecule has 1 aromatic heterocycles. The van der Waals surface area contributed by atoms with Gasteiger partial charge >= 0.3 is 0 Å². The fraction of sp³-hybridized carbons (Fsp3) is 0.438. The van der Waals surface area contributed by atoms with Crippen molar-refractivity contribution in [2.24, 2.45) is 0 Å². The van der Waals surface area contributed by atoms with Crippen LogP contribution in [0.5, 0.6) is 0 Å². The molecule has 1 saturated heterocycles. The molecule has 2 N–H and O–H groups in total. The summed E-state index contributed by atoms with van der Waals surface area (Å²) >= 11 is 9.33. The van der Waals surface area contributed by atoms with E-state index in [1.165, 1.54) is 10.9 Å². The Labute approximate surface area is 173 Å². The monoisotopic (exact) mass is 520 g/mol. The van der Waals surface area contributed by atoms with Crippen LogP contribution in [0.3, 0.4) is 0 Å². The number of aliphatic hydroxyl groups excluding tert-OH is 1. The maximum atomic E-state index is 12.5. The third kappa shape index (κ3) is 4.80. The van der Waals surface area contributed by atoms with E-state index in [0.717, 1.165) is 13.0 Å². The Morgan fingerprint density at radius 1 is 1.48 bits per heavy atom. The predicted octanol–water partition coefficient (Wildman–Crippen LogP) is 1.88. The Morgan fingerprint density at radius 2 is 2.24 bits per heavy atom. The average Bonchev–Trinajstić information content (AvgIpc) is 2.54. The molecular formula is C16H17AgBrClN3O3. The first-order valence-electron chi connectivity index (χ1n) is 7.73. The number of benzene rings is 1. The largest absolute Gasteiger partial charge is 0.391 e. The summed E-state index contributed by atoms with van der Waals surface area (Å²) in [7, 11) is 0. The van der Waals surface area contributed by atoms with Crippen molar-refractivity contribution in [3.63, 3.8) is 0 Å². The first-order valence-corrected chi connectivity index (χ1v) is 8.90. The predicted molar refractivity (Wildman–Crippen MR) is 95.4 cm³/mol. The van der Waals surface area contributed by atoms with Gasteiger partial charge in [0.15, 0.2) is 5.78 Å². The Hall–Kier alpha value is -0.540. The summed E-state index contributed by atoms with van der Waals surface area (Å²) in [6.45, 7) is 0.722. The van der Waals surface area contributed by atoms with Crippen LogP contribution in [0.2, 0.25) is 5.02 Å². The van der Waals surface area contributed by atoms with E-state index >= 15 is 0 Å². The number of Topliss-reactive ketones (excluding diaryl/α,β-unsaturated/α-hetero) is 1. The zero-order valence-corrected chi connectivity index (χ0v) is 17.0. The maximum Gasteiger partial charge on any atom is 0.261 e. The molecule has 25 heavy (non-hydrogen) atoms. The van der Waals surface area contributed by atoms with Crippen molar-refractivity contribution in [1.29, 1.82) is 0 Å². The number of rotatable bonds is 4. The molecule has 2 aromatic rings. The number of nitrogens with one attached hydrogen (secondary N) is 1. The van der Waals surface area contributed by atoms with Gasteiger partial charge in [-0.3, -0.25) is 14.2 Å². The number of nitrogens with zero attached hydrogens (tertiary/aromatic N) is 2. The first kappa shape index (κ1) is 20.8. The Kier molecular flexibility index (Phi) is 7.40. The number of ketones is 1. The molecule has 9 heteroatoms. The van der Waals surface area contributed by atoms with E-state index < -0.39 is 6.10 Å². The molecule has 0 spiro atoms. The van der Waals surface area contributed by atoms with Crippen molar-refractivity contribution in [2.75, 3.05) is 6.54 Å². The van der Waals surface area contributed by atoms with Crippen LogP contribution in [0, 0.1) is 0 Å². The number of aromatic nitrogens is 2. The maximum absolute atomic E-state index is 12.5. The molecule has 0 bridgehead atoms. The molecule has 0 amide bonds. The zero-order chi connectivity index (χ0) is 17.3. The van der Waals surface area contributed by atoms with E-state index in [-0.39, 0.29) is 52.7 Å². The number of halogens is 2. The van der Waals surface area contributed by atoms with Gasteiger partial charge in [-0.15, -0.1) is 0 Å². The van der Waals surface area contributed by atoms with E-state index in [1.54, 1.807) is 12.1 Å². The van der Waals surface area contributed by atoms with E-state index in [9.17, 15) is 14.7 Å². The molecule has 1 aliphatic rings. The van der Waals surface area contributed by atoms with Gasteiger partial charge in [0, 0.05) is 39.3 Å². The summed E-state index contributed by atoms with van der Waals surface area (Å²) in [5.41, 5.74) is 0.212. The van der Waals surface area contributed by atoms with Gasteiger partial charge in [-0.1, -0.05) is 11.6 Å². The number of fused-ring (bicyclic) bond motifs is 1. The van der Waals surface area contributed by atoms with Gasteiger partial charge < -0.3 is 10.4 Å². The fourth-order valence-electron chi connectivity index (χ4n) is 2.91. The van der Waals surface area contributed by atoms with Gasteiger partial charge in [-0.25, -0.2) is 4.98 Å². The molecule has 0 unspecified atom stereocenters. The van der Waals surface area contributed by atoms with E-state index in [2.05, 4.69) is 26.2 Å². The van der Waals surface area contributed by atoms with Crippen LogP contribution in [0.15, 0.2) is 27.7 Å². The Morgan fingerprint density at radius 3 is 2.96 bits per heavy atom. The van der Waals surface area contributed by atoms with Gasteiger partial charge in [-0.2, -0.15) is 0 Å². The minimum absolute atomic E-state index is 0. The summed E-state index contributed by atoms with van der Waals surface area (Å²) in [5, 5.41) is 13.9. The second-order valence-corrected chi connectivity index (χ2v) is 7.24. The molecule has 1 aliphatic heterocycles. The minimum Gasteiger partial charge on any atom is -0.391 e. The first-order chi connectivity index (χ1) is 11.5. The number of hydrogen-bond donors (Lipinski definition) is 2. The number of hydrogen-bond acceptors (Lipinski definition) is 5. The molecule has 6 nitrogen and oxygen atoms in total. The smallest absolute Gasteiger partial charge is 0.261 e. The molecule has 2 heterocycles. The van der Waals surface area contributed by atoms with Crippen molar-refractivity contribution < 1.29 is 32.3 Å². The number of aliphatic hydroxyl groups is 1. The molecule has 1 aromatic carbocycles. The number of carbonyl (C=O) groups excluding carboxylic acids is 1. The topological polar surface area (TPSA) is 84.2 Å². The summed E-state index contributed by atoms with van der Waals surface area (Å²) < 4.78 is 1.94. The molecule has 139 valence electrons. The van der Waals surface area contributed by atoms with E-state index in [0.29, 0.717) is 26.8 Å². The summed E-state index contributed by atoms with van der Waals surface area (Å²) in [5.74, 6) is -0.125. The van der Waals surface area contributed by atoms with Gasteiger partial charge in [0.05, 0.1) is 34.9 Å². The molecule has 1 radical (unpaired) electrons. The van der Waals surface area contributed by atoms with Crippen LogP contribution in [0.25, 0.3) is 10.9 Å². The normalized spacial score (nSPS) is 20.3. The van der Waals surface area contributed by atoms with E-state index in [4.69, 9.17) is 11.6 Å². The summed E-state index contributed by atoms with van der Waals surface area (Å²) in [6.07, 6.45) is 2.62. The Bertz CT molecular complexity index is 845. The zero-order valence-electron chi connectivity index (χ0n) is 13.1. The molecule has 0 saturated carbocycles. The van der Waals surface area contributed by atoms with Crippen LogP contribution < -0.4 is 10.9 Å². The van der Waals surface area contributed by atoms with Crippen molar-refractivity contribution in [1.82, 2.24) is 14.9 Å². The van der Waals surface area contributed by atoms with Gasteiger partial charge in [0.25, 0.3) is 5.56 Å². The number of carbonyl (C=O) groups is 1. The van der Waals surface area contributed by atoms with Crippen LogP contribution >= 0.6 is 27.5 Å². The average molecular weight is 523 g/mol. The molecule has 2 atom stereocenters. The molecule has 1 fully saturated rings. The SMILES string of the molecule is O=C(C[C@@H]1NCCC[C@H]1O)Cn1cnc2cc(Br)c(Cl)cc2c1=O.[Ag]. The number of piperidine rings is 1. The second-order valence-electron chi connectivity index (χ2n) is 5.97. The van der Waals surface area contributed by atoms with Crippen LogP contribution in [0.1, 0.15) is 19.3 Å². The van der Waals surface area contributed by atoms with Crippen molar-refractivity contribution in [2.45, 2.75) is 38.0 Å². The second kappa shape index (κ2) is 8.90. The van der Waals surface area contributed by atoms with E-state index in [1.807, 2.05) is 0 Å². The third-order valence-corrected chi connectivity index (χ3v) is 5.41.